The van der Waals surface area contributed by atoms with Crippen LogP contribution < -0.4 is 16.6 Å². The molecule has 0 aromatic carbocycles. The minimum atomic E-state index is -0.292. The van der Waals surface area contributed by atoms with Gasteiger partial charge in [-0.05, 0) is 61.8 Å². The van der Waals surface area contributed by atoms with Gasteiger partial charge < -0.3 is 11.2 Å². The van der Waals surface area contributed by atoms with Crippen molar-refractivity contribution in [3.63, 3.8) is 0 Å². The standard InChI is InChI=1S/C22H24N6O3S2.2Cu/c1-13-5-16(10-25-27-21(23)32-3)20(31)17(6-13)11-26-28-22(33-4)24-9-15-7-14(2)18(12-29)8-19(15)30;;/h5-12,26H,1-4H3,(H2,23,27)(H,24,28);;. The predicted octanol–water partition coefficient (Wildman–Crippen LogP) is 2.34. The summed E-state index contributed by atoms with van der Waals surface area (Å²) in [5, 5.41) is 8.40. The average molecular weight is 612 g/mol. The third-order valence-corrected chi connectivity index (χ3v) is 5.39. The zero-order valence-corrected chi connectivity index (χ0v) is 22.7. The van der Waals surface area contributed by atoms with Gasteiger partial charge in [-0.3, -0.25) is 19.8 Å². The van der Waals surface area contributed by atoms with E-state index in [-0.39, 0.29) is 45.7 Å². The Hall–Kier alpha value is -2.40. The van der Waals surface area contributed by atoms with Crippen LogP contribution in [0.25, 0.3) is 0 Å². The number of Topliss-reactive ketones (excluding diaryl/α,β-unsaturated/α-hetero) is 1. The van der Waals surface area contributed by atoms with Crippen molar-refractivity contribution >= 4 is 57.9 Å². The normalized spacial score (nSPS) is 18.9. The summed E-state index contributed by atoms with van der Waals surface area (Å²) >= 11 is 2.56. The topological polar surface area (TPSA) is 138 Å². The molecule has 0 amide bonds. The Bertz CT molecular complexity index is 1130. The van der Waals surface area contributed by atoms with E-state index < -0.39 is 0 Å². The summed E-state index contributed by atoms with van der Waals surface area (Å²) in [6.45, 7) is 3.61. The molecule has 0 heterocycles. The summed E-state index contributed by atoms with van der Waals surface area (Å²) in [6, 6.07) is 0. The molecule has 0 bridgehead atoms. The van der Waals surface area contributed by atoms with Crippen LogP contribution in [0, 0.1) is 0 Å². The summed E-state index contributed by atoms with van der Waals surface area (Å²) in [5.74, 6) is -0.521. The van der Waals surface area contributed by atoms with Crippen LogP contribution in [0.3, 0.4) is 0 Å². The van der Waals surface area contributed by atoms with Gasteiger partial charge in [-0.25, -0.2) is 4.99 Å². The monoisotopic (exact) mass is 610 g/mol. The number of nitrogens with one attached hydrogen (secondary N) is 2. The Kier molecular flexibility index (Phi) is 15.2. The van der Waals surface area contributed by atoms with Gasteiger partial charge in [0.25, 0.3) is 0 Å². The first-order valence-electron chi connectivity index (χ1n) is 9.57. The van der Waals surface area contributed by atoms with Gasteiger partial charge in [0.05, 0.1) is 6.21 Å². The van der Waals surface area contributed by atoms with E-state index in [0.29, 0.717) is 44.5 Å². The first-order chi connectivity index (χ1) is 15.8. The van der Waals surface area contributed by atoms with Crippen LogP contribution in [0.2, 0.25) is 0 Å². The molecular formula is C22H24Cu2N6O3S2. The Morgan fingerprint density at radius 1 is 1.00 bits per heavy atom. The van der Waals surface area contributed by atoms with Gasteiger partial charge in [0.15, 0.2) is 21.9 Å². The zero-order chi connectivity index (χ0) is 24.4. The van der Waals surface area contributed by atoms with Gasteiger partial charge in [0, 0.05) is 68.8 Å². The van der Waals surface area contributed by atoms with Crippen LogP contribution in [-0.2, 0) is 48.5 Å². The Balaban J connectivity index is 0.00000578. The quantitative estimate of drug-likeness (QED) is 0.104. The number of thioether (sulfide) groups is 2. The number of carbonyl (C=O) groups excluding carboxylic acids is 3. The molecule has 0 spiro atoms. The van der Waals surface area contributed by atoms with E-state index in [4.69, 9.17) is 5.73 Å². The fraction of sp³-hybridized carbons (Fsp3) is 0.182. The number of hydrogen-bond donors (Lipinski definition) is 3. The first kappa shape index (κ1) is 32.6. The summed E-state index contributed by atoms with van der Waals surface area (Å²) in [5.41, 5.74) is 14.4. The molecule has 2 rings (SSSR count). The molecule has 0 aromatic rings. The van der Waals surface area contributed by atoms with Gasteiger partial charge in [-0.15, -0.1) is 5.10 Å². The second kappa shape index (κ2) is 16.3. The van der Waals surface area contributed by atoms with Crippen molar-refractivity contribution in [3.8, 4) is 0 Å². The summed E-state index contributed by atoms with van der Waals surface area (Å²) < 4.78 is 0. The zero-order valence-electron chi connectivity index (χ0n) is 19.2. The van der Waals surface area contributed by atoms with E-state index in [1.807, 2.05) is 6.92 Å². The largest absolute Gasteiger partial charge is 0.377 e. The van der Waals surface area contributed by atoms with Gasteiger partial charge >= 0.3 is 0 Å². The maximum atomic E-state index is 12.7. The number of hydrazine groups is 1. The van der Waals surface area contributed by atoms with E-state index in [2.05, 4.69) is 26.0 Å². The van der Waals surface area contributed by atoms with Crippen molar-refractivity contribution in [3.05, 3.63) is 70.1 Å². The molecular weight excluding hydrogens is 588 g/mol. The Morgan fingerprint density at radius 3 is 2.34 bits per heavy atom. The maximum absolute atomic E-state index is 12.7. The summed E-state index contributed by atoms with van der Waals surface area (Å²) in [6.07, 6.45) is 14.9. The van der Waals surface area contributed by atoms with E-state index in [1.165, 1.54) is 48.2 Å². The first-order valence-corrected chi connectivity index (χ1v) is 12.0. The average Bonchev–Trinajstić information content (AvgIpc) is 2.80. The molecule has 13 heteroatoms. The van der Waals surface area contributed by atoms with Crippen molar-refractivity contribution in [2.24, 2.45) is 20.9 Å². The molecule has 0 aromatic heterocycles. The van der Waals surface area contributed by atoms with E-state index in [9.17, 15) is 14.4 Å². The molecule has 0 aliphatic heterocycles. The van der Waals surface area contributed by atoms with Gasteiger partial charge in [0.1, 0.15) is 6.29 Å². The second-order valence-electron chi connectivity index (χ2n) is 6.71. The van der Waals surface area contributed by atoms with Crippen molar-refractivity contribution in [2.45, 2.75) is 13.8 Å². The number of rotatable bonds is 6. The molecule has 0 saturated carbocycles. The molecule has 2 aliphatic carbocycles. The number of carbonyl (C=O) groups is 3. The third-order valence-electron chi connectivity index (χ3n) is 4.30. The molecule has 194 valence electrons. The number of nitrogens with two attached hydrogens (primary N) is 1. The van der Waals surface area contributed by atoms with Crippen LogP contribution in [-0.4, -0.2) is 46.9 Å². The predicted molar refractivity (Wildman–Crippen MR) is 137 cm³/mol. The number of aldehydes is 1. The number of hydrogen-bond acceptors (Lipinski definition) is 9. The van der Waals surface area contributed by atoms with Crippen LogP contribution in [0.15, 0.2) is 85.3 Å². The fourth-order valence-corrected chi connectivity index (χ4v) is 3.06. The molecule has 35 heavy (non-hydrogen) atoms. The van der Waals surface area contributed by atoms with Gasteiger partial charge in [-0.2, -0.15) is 5.10 Å². The summed E-state index contributed by atoms with van der Waals surface area (Å²) in [7, 11) is 0. The van der Waals surface area contributed by atoms with Gasteiger partial charge in [0.2, 0.25) is 0 Å². The Morgan fingerprint density at radius 2 is 1.71 bits per heavy atom. The number of ketones is 2. The maximum Gasteiger partial charge on any atom is 0.196 e. The van der Waals surface area contributed by atoms with Gasteiger partial charge in [-0.1, -0.05) is 23.5 Å². The van der Waals surface area contributed by atoms with Crippen molar-refractivity contribution in [2.75, 3.05) is 12.5 Å². The van der Waals surface area contributed by atoms with E-state index in [1.54, 1.807) is 37.7 Å². The van der Waals surface area contributed by atoms with E-state index >= 15 is 0 Å². The minimum Gasteiger partial charge on any atom is -0.377 e. The number of allylic oxidation sites excluding steroid dienone is 10. The Labute approximate surface area is 233 Å². The molecule has 4 N–H and O–H groups in total. The van der Waals surface area contributed by atoms with Crippen LogP contribution in [0.5, 0.6) is 0 Å². The van der Waals surface area contributed by atoms with Crippen molar-refractivity contribution in [1.82, 2.24) is 10.9 Å². The molecule has 0 unspecified atom stereocenters. The third kappa shape index (κ3) is 10.0. The second-order valence-corrected chi connectivity index (χ2v) is 8.33. The number of amidine groups is 2. The smallest absolute Gasteiger partial charge is 0.196 e. The minimum absolute atomic E-state index is 0. The van der Waals surface area contributed by atoms with E-state index in [0.717, 1.165) is 5.57 Å². The molecule has 2 radical (unpaired) electrons. The molecule has 0 atom stereocenters. The van der Waals surface area contributed by atoms with Crippen LogP contribution in [0.1, 0.15) is 13.8 Å². The summed E-state index contributed by atoms with van der Waals surface area (Å²) in [4.78, 5) is 40.0. The van der Waals surface area contributed by atoms with Crippen LogP contribution >= 0.6 is 23.5 Å². The number of aliphatic imine (C=N–C) groups is 1. The van der Waals surface area contributed by atoms with Crippen LogP contribution in [0.4, 0.5) is 0 Å². The SMILES string of the molecule is CSC(N)=NN=CC1=CC(C)=CC(=CNNC(=NC=C2C=C(C)C(C=O)=CC2=O)SC)C1=O.[Cu].[Cu]. The molecule has 0 saturated heterocycles. The van der Waals surface area contributed by atoms with Crippen molar-refractivity contribution in [1.29, 1.82) is 0 Å². The molecule has 9 nitrogen and oxygen atoms in total. The fourth-order valence-electron chi connectivity index (χ4n) is 2.62. The number of nitrogens with zero attached hydrogens (tertiary/aromatic N) is 3. The van der Waals surface area contributed by atoms with Crippen molar-refractivity contribution < 1.29 is 48.5 Å². The molecule has 0 fully saturated rings. The molecule has 2 aliphatic rings.